The standard InChI is InChI=1S/C19H28O/c1-13(2)12-19(8-6-7-9-19)18(20)17-11-15(4)14(3)10-16(17)5/h10-11,13H,6-9,12H2,1-5H3. The molecular weight excluding hydrogens is 244 g/mol. The summed E-state index contributed by atoms with van der Waals surface area (Å²) in [5, 5.41) is 0. The van der Waals surface area contributed by atoms with Crippen molar-refractivity contribution in [2.75, 3.05) is 0 Å². The van der Waals surface area contributed by atoms with Crippen LogP contribution in [0.1, 0.15) is 73.0 Å². The van der Waals surface area contributed by atoms with Gasteiger partial charge < -0.3 is 0 Å². The Labute approximate surface area is 123 Å². The zero-order chi connectivity index (χ0) is 14.9. The number of ketones is 1. The molecule has 1 fully saturated rings. The highest BCUT2D eigenvalue weighted by Crippen LogP contribution is 2.46. The number of carbonyl (C=O) groups excluding carboxylic acids is 1. The smallest absolute Gasteiger partial charge is 0.169 e. The van der Waals surface area contributed by atoms with Crippen molar-refractivity contribution in [2.24, 2.45) is 11.3 Å². The minimum Gasteiger partial charge on any atom is -0.294 e. The Bertz CT molecular complexity index is 505. The van der Waals surface area contributed by atoms with Gasteiger partial charge in [0.25, 0.3) is 0 Å². The van der Waals surface area contributed by atoms with Gasteiger partial charge in [-0.15, -0.1) is 0 Å². The maximum absolute atomic E-state index is 13.2. The van der Waals surface area contributed by atoms with Gasteiger partial charge in [-0.1, -0.05) is 32.8 Å². The topological polar surface area (TPSA) is 17.1 Å². The lowest BCUT2D eigenvalue weighted by Crippen LogP contribution is -2.30. The van der Waals surface area contributed by atoms with Crippen molar-refractivity contribution in [3.05, 3.63) is 34.4 Å². The first-order chi connectivity index (χ1) is 9.35. The molecule has 20 heavy (non-hydrogen) atoms. The summed E-state index contributed by atoms with van der Waals surface area (Å²) in [5.41, 5.74) is 4.55. The van der Waals surface area contributed by atoms with E-state index in [0.717, 1.165) is 30.4 Å². The van der Waals surface area contributed by atoms with Crippen LogP contribution in [0, 0.1) is 32.1 Å². The predicted octanol–water partition coefficient (Wildman–Crippen LogP) is 5.40. The highest BCUT2D eigenvalue weighted by molar-refractivity contribution is 6.02. The van der Waals surface area contributed by atoms with Crippen molar-refractivity contribution in [1.29, 1.82) is 0 Å². The van der Waals surface area contributed by atoms with Gasteiger partial charge in [-0.25, -0.2) is 0 Å². The lowest BCUT2D eigenvalue weighted by atomic mass is 9.72. The monoisotopic (exact) mass is 272 g/mol. The number of benzene rings is 1. The van der Waals surface area contributed by atoms with E-state index in [-0.39, 0.29) is 5.41 Å². The summed E-state index contributed by atoms with van der Waals surface area (Å²) in [6, 6.07) is 4.29. The minimum atomic E-state index is -0.0827. The number of Topliss-reactive ketones (excluding diaryl/α,β-unsaturated/α-hetero) is 1. The summed E-state index contributed by atoms with van der Waals surface area (Å²) in [6.07, 6.45) is 5.62. The lowest BCUT2D eigenvalue weighted by Gasteiger charge is -2.30. The van der Waals surface area contributed by atoms with Crippen LogP contribution in [0.25, 0.3) is 0 Å². The minimum absolute atomic E-state index is 0.0827. The second kappa shape index (κ2) is 5.71. The maximum atomic E-state index is 13.2. The summed E-state index contributed by atoms with van der Waals surface area (Å²) < 4.78 is 0. The van der Waals surface area contributed by atoms with Crippen LogP contribution in [0.4, 0.5) is 0 Å². The van der Waals surface area contributed by atoms with Crippen LogP contribution in [0.2, 0.25) is 0 Å². The molecule has 110 valence electrons. The summed E-state index contributed by atoms with van der Waals surface area (Å²) in [6.45, 7) is 10.8. The Morgan fingerprint density at radius 1 is 1.05 bits per heavy atom. The van der Waals surface area contributed by atoms with E-state index in [0.29, 0.717) is 11.7 Å². The van der Waals surface area contributed by atoms with Gasteiger partial charge in [-0.05, 0) is 68.7 Å². The fraction of sp³-hybridized carbons (Fsp3) is 0.632. The number of hydrogen-bond acceptors (Lipinski definition) is 1. The fourth-order valence-corrected chi connectivity index (χ4v) is 3.85. The largest absolute Gasteiger partial charge is 0.294 e. The van der Waals surface area contributed by atoms with Crippen molar-refractivity contribution in [3.63, 3.8) is 0 Å². The van der Waals surface area contributed by atoms with E-state index in [2.05, 4.69) is 46.8 Å². The van der Waals surface area contributed by atoms with E-state index in [1.165, 1.54) is 24.0 Å². The van der Waals surface area contributed by atoms with Gasteiger partial charge in [-0.2, -0.15) is 0 Å². The number of carbonyl (C=O) groups is 1. The van der Waals surface area contributed by atoms with Gasteiger partial charge in [0.2, 0.25) is 0 Å². The third-order valence-corrected chi connectivity index (χ3v) is 4.93. The van der Waals surface area contributed by atoms with Gasteiger partial charge in [0.15, 0.2) is 5.78 Å². The summed E-state index contributed by atoms with van der Waals surface area (Å²) in [4.78, 5) is 13.2. The number of hydrogen-bond donors (Lipinski definition) is 0. The molecule has 1 nitrogen and oxygen atoms in total. The Hall–Kier alpha value is -1.11. The summed E-state index contributed by atoms with van der Waals surface area (Å²) >= 11 is 0. The molecule has 0 saturated heterocycles. The first kappa shape index (κ1) is 15.3. The van der Waals surface area contributed by atoms with E-state index in [1.807, 2.05) is 0 Å². The highest BCUT2D eigenvalue weighted by Gasteiger charge is 2.41. The predicted molar refractivity (Wildman–Crippen MR) is 85.3 cm³/mol. The quantitative estimate of drug-likeness (QED) is 0.671. The third kappa shape index (κ3) is 2.82. The Morgan fingerprint density at radius 2 is 1.60 bits per heavy atom. The molecule has 1 aromatic rings. The van der Waals surface area contributed by atoms with Gasteiger partial charge in [0.05, 0.1) is 0 Å². The lowest BCUT2D eigenvalue weighted by molar-refractivity contribution is 0.0759. The van der Waals surface area contributed by atoms with Crippen molar-refractivity contribution >= 4 is 5.78 Å². The Kier molecular flexibility index (Phi) is 4.36. The van der Waals surface area contributed by atoms with Crippen molar-refractivity contribution in [1.82, 2.24) is 0 Å². The molecule has 0 amide bonds. The molecule has 0 bridgehead atoms. The van der Waals surface area contributed by atoms with Crippen molar-refractivity contribution in [2.45, 2.75) is 66.7 Å². The molecule has 0 aromatic heterocycles. The molecule has 1 aliphatic carbocycles. The Balaban J connectivity index is 2.40. The molecule has 2 rings (SSSR count). The molecule has 0 spiro atoms. The van der Waals surface area contributed by atoms with E-state index in [1.54, 1.807) is 0 Å². The molecule has 0 N–H and O–H groups in total. The molecule has 1 aromatic carbocycles. The van der Waals surface area contributed by atoms with Gasteiger partial charge in [0, 0.05) is 11.0 Å². The zero-order valence-electron chi connectivity index (χ0n) is 13.7. The molecule has 1 heteroatoms. The van der Waals surface area contributed by atoms with E-state index < -0.39 is 0 Å². The third-order valence-electron chi connectivity index (χ3n) is 4.93. The molecule has 1 saturated carbocycles. The van der Waals surface area contributed by atoms with Gasteiger partial charge in [0.1, 0.15) is 0 Å². The Morgan fingerprint density at radius 3 is 2.15 bits per heavy atom. The molecule has 0 heterocycles. The summed E-state index contributed by atoms with van der Waals surface area (Å²) in [5.74, 6) is 0.994. The van der Waals surface area contributed by atoms with Crippen LogP contribution in [-0.2, 0) is 0 Å². The maximum Gasteiger partial charge on any atom is 0.169 e. The van der Waals surface area contributed by atoms with Crippen LogP contribution < -0.4 is 0 Å². The van der Waals surface area contributed by atoms with Crippen LogP contribution >= 0.6 is 0 Å². The second-order valence-electron chi connectivity index (χ2n) is 7.17. The van der Waals surface area contributed by atoms with Crippen LogP contribution in [0.5, 0.6) is 0 Å². The molecule has 0 unspecified atom stereocenters. The average molecular weight is 272 g/mol. The van der Waals surface area contributed by atoms with Crippen molar-refractivity contribution < 1.29 is 4.79 Å². The second-order valence-corrected chi connectivity index (χ2v) is 7.17. The molecular formula is C19H28O. The zero-order valence-corrected chi connectivity index (χ0v) is 13.7. The molecule has 0 aliphatic heterocycles. The van der Waals surface area contributed by atoms with Crippen LogP contribution in [0.3, 0.4) is 0 Å². The highest BCUT2D eigenvalue weighted by atomic mass is 16.1. The van der Waals surface area contributed by atoms with Gasteiger partial charge >= 0.3 is 0 Å². The van der Waals surface area contributed by atoms with E-state index >= 15 is 0 Å². The van der Waals surface area contributed by atoms with E-state index in [4.69, 9.17) is 0 Å². The average Bonchev–Trinajstić information content (AvgIpc) is 2.81. The first-order valence-electron chi connectivity index (χ1n) is 7.98. The van der Waals surface area contributed by atoms with E-state index in [9.17, 15) is 4.79 Å². The first-order valence-corrected chi connectivity index (χ1v) is 7.98. The normalized spacial score (nSPS) is 17.7. The molecule has 1 aliphatic rings. The molecule has 0 atom stereocenters. The number of aryl methyl sites for hydroxylation is 3. The number of rotatable bonds is 4. The van der Waals surface area contributed by atoms with Crippen LogP contribution in [0.15, 0.2) is 12.1 Å². The van der Waals surface area contributed by atoms with Crippen molar-refractivity contribution in [3.8, 4) is 0 Å². The summed E-state index contributed by atoms with van der Waals surface area (Å²) in [7, 11) is 0. The fourth-order valence-electron chi connectivity index (χ4n) is 3.85. The van der Waals surface area contributed by atoms with Gasteiger partial charge in [-0.3, -0.25) is 4.79 Å². The molecule has 0 radical (unpaired) electrons. The SMILES string of the molecule is Cc1cc(C)c(C(=O)C2(CC(C)C)CCCC2)cc1C. The van der Waals surface area contributed by atoms with Crippen LogP contribution in [-0.4, -0.2) is 5.78 Å².